The van der Waals surface area contributed by atoms with Crippen LogP contribution < -0.4 is 4.18 Å². The van der Waals surface area contributed by atoms with Crippen molar-refractivity contribution in [3.8, 4) is 17.2 Å². The quantitative estimate of drug-likeness (QED) is 0.511. The van der Waals surface area contributed by atoms with Gasteiger partial charge in [-0.05, 0) is 90.1 Å². The molecule has 2 N–H and O–H groups in total. The van der Waals surface area contributed by atoms with E-state index < -0.39 is 36.7 Å². The second-order valence-electron chi connectivity index (χ2n) is 8.73. The Balaban J connectivity index is 1.68. The van der Waals surface area contributed by atoms with Crippen LogP contribution in [0.25, 0.3) is 11.1 Å². The molecule has 0 radical (unpaired) electrons. The maximum atomic E-state index is 13.7. The molecule has 2 heterocycles. The molecule has 0 aromatic heterocycles. The van der Waals surface area contributed by atoms with Crippen LogP contribution in [0, 0.1) is 13.8 Å². The van der Waals surface area contributed by atoms with Crippen LogP contribution in [0.5, 0.6) is 17.2 Å². The molecule has 2 unspecified atom stereocenters. The molecule has 2 aliphatic heterocycles. The van der Waals surface area contributed by atoms with E-state index in [0.717, 1.165) is 27.8 Å². The van der Waals surface area contributed by atoms with Gasteiger partial charge in [-0.3, -0.25) is 4.21 Å². The largest absolute Gasteiger partial charge is 0.508 e. The fraction of sp³-hybridized carbons (Fsp3) is 0.231. The Labute approximate surface area is 201 Å². The summed E-state index contributed by atoms with van der Waals surface area (Å²) in [5.74, 6) is 0.451. The lowest BCUT2D eigenvalue weighted by molar-refractivity contribution is 0.469. The first-order valence-corrected chi connectivity index (χ1v) is 13.6. The number of aromatic hydroxyl groups is 2. The molecular formula is C26H24O6S2. The number of aryl methyl sites for hydroxylation is 2. The van der Waals surface area contributed by atoms with Gasteiger partial charge in [0.1, 0.15) is 22.5 Å². The van der Waals surface area contributed by atoms with E-state index in [-0.39, 0.29) is 23.7 Å². The minimum absolute atomic E-state index is 0.102. The smallest absolute Gasteiger partial charge is 0.313 e. The van der Waals surface area contributed by atoms with Gasteiger partial charge in [0, 0.05) is 10.8 Å². The van der Waals surface area contributed by atoms with Crippen LogP contribution in [-0.2, 0) is 20.9 Å². The lowest BCUT2D eigenvalue weighted by Crippen LogP contribution is -2.36. The third-order valence-electron chi connectivity index (χ3n) is 6.54. The second-order valence-corrected chi connectivity index (χ2v) is 12.2. The zero-order valence-corrected chi connectivity index (χ0v) is 20.3. The van der Waals surface area contributed by atoms with Gasteiger partial charge < -0.3 is 14.4 Å². The second kappa shape index (κ2) is 8.29. The van der Waals surface area contributed by atoms with Crippen molar-refractivity contribution in [2.75, 3.05) is 0 Å². The van der Waals surface area contributed by atoms with Gasteiger partial charge in [-0.2, -0.15) is 8.42 Å². The van der Waals surface area contributed by atoms with E-state index in [4.69, 9.17) is 4.18 Å². The van der Waals surface area contributed by atoms with E-state index in [0.29, 0.717) is 5.57 Å². The fourth-order valence-electron chi connectivity index (χ4n) is 5.08. The van der Waals surface area contributed by atoms with Crippen LogP contribution in [0.3, 0.4) is 0 Å². The van der Waals surface area contributed by atoms with Crippen molar-refractivity contribution in [1.82, 2.24) is 0 Å². The highest BCUT2D eigenvalue weighted by molar-refractivity contribution is 7.92. The maximum absolute atomic E-state index is 13.7. The van der Waals surface area contributed by atoms with Gasteiger partial charge in [0.05, 0.1) is 10.5 Å². The normalized spacial score (nSPS) is 23.9. The molecule has 0 spiro atoms. The molecule has 8 heteroatoms. The van der Waals surface area contributed by atoms with Gasteiger partial charge in [0.2, 0.25) is 0 Å². The van der Waals surface area contributed by atoms with Crippen molar-refractivity contribution < 1.29 is 27.0 Å². The van der Waals surface area contributed by atoms with Crippen molar-refractivity contribution in [1.29, 1.82) is 0 Å². The Morgan fingerprint density at radius 2 is 1.41 bits per heavy atom. The molecule has 34 heavy (non-hydrogen) atoms. The van der Waals surface area contributed by atoms with E-state index in [9.17, 15) is 22.8 Å². The molecule has 1 fully saturated rings. The minimum Gasteiger partial charge on any atom is -0.508 e. The molecule has 2 aliphatic rings. The average Bonchev–Trinajstić information content (AvgIpc) is 3.25. The monoisotopic (exact) mass is 496 g/mol. The molecule has 2 bridgehead atoms. The van der Waals surface area contributed by atoms with Gasteiger partial charge in [-0.1, -0.05) is 30.3 Å². The molecule has 3 aromatic rings. The summed E-state index contributed by atoms with van der Waals surface area (Å²) in [6, 6.07) is 18.2. The summed E-state index contributed by atoms with van der Waals surface area (Å²) in [4.78, 5) is 0. The number of fused-ring (bicyclic) bond motifs is 2. The molecule has 1 saturated heterocycles. The molecule has 0 amide bonds. The van der Waals surface area contributed by atoms with Crippen LogP contribution in [0.4, 0.5) is 0 Å². The molecular weight excluding hydrogens is 472 g/mol. The van der Waals surface area contributed by atoms with Gasteiger partial charge >= 0.3 is 10.1 Å². The molecule has 176 valence electrons. The van der Waals surface area contributed by atoms with Crippen LogP contribution >= 0.6 is 0 Å². The highest BCUT2D eigenvalue weighted by Crippen LogP contribution is 2.54. The highest BCUT2D eigenvalue weighted by Gasteiger charge is 2.57. The predicted octanol–water partition coefficient (Wildman–Crippen LogP) is 4.31. The maximum Gasteiger partial charge on any atom is 0.313 e. The topological polar surface area (TPSA) is 101 Å². The first kappa shape index (κ1) is 22.7. The van der Waals surface area contributed by atoms with Crippen LogP contribution in [0.1, 0.15) is 28.7 Å². The summed E-state index contributed by atoms with van der Waals surface area (Å²) in [5.41, 5.74) is 4.69. The Morgan fingerprint density at radius 3 is 1.97 bits per heavy atom. The summed E-state index contributed by atoms with van der Waals surface area (Å²) in [6.45, 7) is 3.70. The summed E-state index contributed by atoms with van der Waals surface area (Å²) in [6.07, 6.45) is 0.183. The van der Waals surface area contributed by atoms with Crippen LogP contribution in [0.2, 0.25) is 0 Å². The molecule has 3 aromatic carbocycles. The fourth-order valence-corrected chi connectivity index (χ4v) is 9.44. The van der Waals surface area contributed by atoms with Crippen LogP contribution in [-0.4, -0.2) is 38.6 Å². The Bertz CT molecular complexity index is 1440. The third-order valence-corrected chi connectivity index (χ3v) is 10.4. The predicted molar refractivity (Wildman–Crippen MR) is 133 cm³/mol. The first-order chi connectivity index (χ1) is 16.2. The third kappa shape index (κ3) is 3.71. The van der Waals surface area contributed by atoms with E-state index >= 15 is 0 Å². The Kier molecular flexibility index (Phi) is 5.53. The Hall–Kier alpha value is -3.10. The van der Waals surface area contributed by atoms with E-state index in [1.54, 1.807) is 66.7 Å². The van der Waals surface area contributed by atoms with Gasteiger partial charge in [0.25, 0.3) is 0 Å². The lowest BCUT2D eigenvalue weighted by Gasteiger charge is -2.27. The number of rotatable bonds is 5. The summed E-state index contributed by atoms with van der Waals surface area (Å²) < 4.78 is 45.8. The first-order valence-electron chi connectivity index (χ1n) is 10.9. The number of benzene rings is 3. The lowest BCUT2D eigenvalue weighted by atomic mass is 9.81. The van der Waals surface area contributed by atoms with Gasteiger partial charge in [-0.25, -0.2) is 0 Å². The van der Waals surface area contributed by atoms with Crippen molar-refractivity contribution in [3.05, 3.63) is 89.0 Å². The molecule has 5 rings (SSSR count). The van der Waals surface area contributed by atoms with E-state index in [1.165, 1.54) is 0 Å². The molecule has 0 saturated carbocycles. The standard InChI is InChI=1S/C26H24O6S2/c1-15-12-17(27)8-10-20(15)24-22-14-23(34(30,31)32-19-6-4-3-5-7-19)26(33(22)29)25(24)21-11-9-18(28)13-16(21)2/h3-13,22-23,26-28H,14H2,1-2H3/t22-,23?,26+,33?/m0/s1. The number of phenols is 2. The van der Waals surface area contributed by atoms with Gasteiger partial charge in [-0.15, -0.1) is 0 Å². The zero-order valence-electron chi connectivity index (χ0n) is 18.6. The SMILES string of the molecule is Cc1cc(O)ccc1C1=C(c2ccc(O)cc2C)[C@H]2C(S(=O)(=O)Oc3ccccc3)C[C@@H]1S2=O. The highest BCUT2D eigenvalue weighted by atomic mass is 32.2. The average molecular weight is 497 g/mol. The summed E-state index contributed by atoms with van der Waals surface area (Å²) >= 11 is 0. The van der Waals surface area contributed by atoms with E-state index in [1.807, 2.05) is 13.8 Å². The molecule has 0 aliphatic carbocycles. The summed E-state index contributed by atoms with van der Waals surface area (Å²) in [7, 11) is -5.56. The molecule has 4 atom stereocenters. The number of phenolic OH excluding ortho intramolecular Hbond substituents is 2. The van der Waals surface area contributed by atoms with Crippen molar-refractivity contribution >= 4 is 32.1 Å². The molecule has 6 nitrogen and oxygen atoms in total. The number of hydrogen-bond donors (Lipinski definition) is 2. The van der Waals surface area contributed by atoms with Crippen LogP contribution in [0.15, 0.2) is 66.7 Å². The van der Waals surface area contributed by atoms with Crippen molar-refractivity contribution in [2.24, 2.45) is 0 Å². The summed E-state index contributed by atoms with van der Waals surface area (Å²) in [5, 5.41) is 17.6. The van der Waals surface area contributed by atoms with E-state index in [2.05, 4.69) is 0 Å². The zero-order chi connectivity index (χ0) is 24.2. The minimum atomic E-state index is -4.08. The number of hydrogen-bond acceptors (Lipinski definition) is 6. The van der Waals surface area contributed by atoms with Crippen molar-refractivity contribution in [2.45, 2.75) is 36.0 Å². The van der Waals surface area contributed by atoms with Gasteiger partial charge in [0.15, 0.2) is 0 Å². The number of para-hydroxylation sites is 1. The van der Waals surface area contributed by atoms with Crippen molar-refractivity contribution in [3.63, 3.8) is 0 Å². The Morgan fingerprint density at radius 1 is 0.853 bits per heavy atom.